The standard InChI is InChI=1S/C21H21N3O2/c1-13-7-9-15(10-8-13)18-19(20(25)21(26)22-2)24-16-6-4-3-5-14(16)11-12-17(24)23-18/h3-10,20,25H,11-12H2,1-2H3,(H,22,26). The molecule has 0 fully saturated rings. The molecule has 0 saturated heterocycles. The van der Waals surface area contributed by atoms with Gasteiger partial charge in [-0.3, -0.25) is 9.36 Å². The van der Waals surface area contributed by atoms with Gasteiger partial charge in [-0.05, 0) is 25.0 Å². The Balaban J connectivity index is 1.98. The number of aromatic nitrogens is 2. The minimum Gasteiger partial charge on any atom is -0.377 e. The number of aryl methyl sites for hydroxylation is 3. The van der Waals surface area contributed by atoms with Crippen molar-refractivity contribution in [3.63, 3.8) is 0 Å². The number of aliphatic hydroxyl groups is 1. The summed E-state index contributed by atoms with van der Waals surface area (Å²) < 4.78 is 1.95. The molecule has 0 saturated carbocycles. The Bertz CT molecular complexity index is 973. The molecule has 4 rings (SSSR count). The Morgan fingerprint density at radius 3 is 2.62 bits per heavy atom. The van der Waals surface area contributed by atoms with E-state index in [-0.39, 0.29) is 0 Å². The maximum atomic E-state index is 12.2. The van der Waals surface area contributed by atoms with Crippen molar-refractivity contribution in [2.75, 3.05) is 7.05 Å². The predicted octanol–water partition coefficient (Wildman–Crippen LogP) is 2.73. The van der Waals surface area contributed by atoms with Gasteiger partial charge in [0, 0.05) is 19.0 Å². The van der Waals surface area contributed by atoms with Gasteiger partial charge in [0.05, 0.1) is 17.1 Å². The number of nitrogens with one attached hydrogen (secondary N) is 1. The predicted molar refractivity (Wildman–Crippen MR) is 100 cm³/mol. The zero-order valence-electron chi connectivity index (χ0n) is 14.9. The van der Waals surface area contributed by atoms with Crippen molar-refractivity contribution in [2.45, 2.75) is 25.9 Å². The van der Waals surface area contributed by atoms with E-state index in [1.165, 1.54) is 12.6 Å². The molecule has 2 aromatic carbocycles. The molecule has 0 aliphatic carbocycles. The van der Waals surface area contributed by atoms with Crippen molar-refractivity contribution in [3.8, 4) is 16.9 Å². The van der Waals surface area contributed by atoms with E-state index < -0.39 is 12.0 Å². The maximum absolute atomic E-state index is 12.2. The Labute approximate surface area is 152 Å². The van der Waals surface area contributed by atoms with Crippen LogP contribution in [0.1, 0.15) is 28.7 Å². The van der Waals surface area contributed by atoms with Gasteiger partial charge in [0.25, 0.3) is 5.91 Å². The van der Waals surface area contributed by atoms with Crippen LogP contribution in [0.2, 0.25) is 0 Å². The number of para-hydroxylation sites is 1. The number of likely N-dealkylation sites (N-methyl/N-ethyl adjacent to an activating group) is 1. The molecular weight excluding hydrogens is 326 g/mol. The number of carbonyl (C=O) groups excluding carboxylic acids is 1. The van der Waals surface area contributed by atoms with Gasteiger partial charge < -0.3 is 10.4 Å². The van der Waals surface area contributed by atoms with Crippen LogP contribution >= 0.6 is 0 Å². The van der Waals surface area contributed by atoms with Crippen molar-refractivity contribution < 1.29 is 9.90 Å². The quantitative estimate of drug-likeness (QED) is 0.765. The second-order valence-corrected chi connectivity index (χ2v) is 6.61. The summed E-state index contributed by atoms with van der Waals surface area (Å²) in [5, 5.41) is 13.3. The average Bonchev–Trinajstić information content (AvgIpc) is 3.07. The van der Waals surface area contributed by atoms with Gasteiger partial charge in [-0.25, -0.2) is 4.98 Å². The molecule has 1 aliphatic heterocycles. The molecule has 1 unspecified atom stereocenters. The summed E-state index contributed by atoms with van der Waals surface area (Å²) in [6.45, 7) is 2.03. The number of rotatable bonds is 3. The summed E-state index contributed by atoms with van der Waals surface area (Å²) in [5.74, 6) is 0.432. The van der Waals surface area contributed by atoms with Crippen LogP contribution in [0.3, 0.4) is 0 Å². The third-order valence-corrected chi connectivity index (χ3v) is 4.91. The molecule has 5 heteroatoms. The smallest absolute Gasteiger partial charge is 0.254 e. The lowest BCUT2D eigenvalue weighted by molar-refractivity contribution is -0.129. The first-order valence-corrected chi connectivity index (χ1v) is 8.76. The van der Waals surface area contributed by atoms with Gasteiger partial charge in [-0.15, -0.1) is 0 Å². The summed E-state index contributed by atoms with van der Waals surface area (Å²) in [6, 6.07) is 16.1. The third-order valence-electron chi connectivity index (χ3n) is 4.91. The number of nitrogens with zero attached hydrogens (tertiary/aromatic N) is 2. The second-order valence-electron chi connectivity index (χ2n) is 6.61. The first kappa shape index (κ1) is 16.5. The van der Waals surface area contributed by atoms with Crippen molar-refractivity contribution in [1.82, 2.24) is 14.9 Å². The van der Waals surface area contributed by atoms with Crippen molar-refractivity contribution in [2.24, 2.45) is 0 Å². The molecule has 0 spiro atoms. The largest absolute Gasteiger partial charge is 0.377 e. The minimum atomic E-state index is -1.29. The monoisotopic (exact) mass is 347 g/mol. The van der Waals surface area contributed by atoms with E-state index >= 15 is 0 Å². The van der Waals surface area contributed by atoms with Gasteiger partial charge in [0.1, 0.15) is 5.82 Å². The summed E-state index contributed by atoms with van der Waals surface area (Å²) in [6.07, 6.45) is 0.385. The van der Waals surface area contributed by atoms with E-state index in [1.807, 2.05) is 54.0 Å². The molecule has 0 radical (unpaired) electrons. The highest BCUT2D eigenvalue weighted by Crippen LogP contribution is 2.35. The first-order valence-electron chi connectivity index (χ1n) is 8.76. The highest BCUT2D eigenvalue weighted by Gasteiger charge is 2.31. The van der Waals surface area contributed by atoms with Crippen LogP contribution in [0.5, 0.6) is 0 Å². The Kier molecular flexibility index (Phi) is 4.09. The topological polar surface area (TPSA) is 67.2 Å². The summed E-state index contributed by atoms with van der Waals surface area (Å²) in [5.41, 5.74) is 5.41. The van der Waals surface area contributed by atoms with Crippen LogP contribution < -0.4 is 5.32 Å². The van der Waals surface area contributed by atoms with Crippen molar-refractivity contribution >= 4 is 5.91 Å². The highest BCUT2D eigenvalue weighted by atomic mass is 16.3. The molecule has 1 atom stereocenters. The summed E-state index contributed by atoms with van der Waals surface area (Å²) in [7, 11) is 1.53. The molecule has 3 aromatic rings. The summed E-state index contributed by atoms with van der Waals surface area (Å²) in [4.78, 5) is 17.1. The number of hydrogen-bond acceptors (Lipinski definition) is 3. The SMILES string of the molecule is CNC(=O)C(O)c1c(-c2ccc(C)cc2)nc2n1-c1ccccc1CC2. The molecular formula is C21H21N3O2. The molecule has 2 N–H and O–H groups in total. The highest BCUT2D eigenvalue weighted by molar-refractivity contribution is 5.84. The number of carbonyl (C=O) groups is 1. The van der Waals surface area contributed by atoms with Crippen LogP contribution in [-0.4, -0.2) is 27.6 Å². The zero-order chi connectivity index (χ0) is 18.3. The van der Waals surface area contributed by atoms with Gasteiger partial charge in [0.15, 0.2) is 6.10 Å². The van der Waals surface area contributed by atoms with E-state index in [9.17, 15) is 9.90 Å². The van der Waals surface area contributed by atoms with E-state index in [0.717, 1.165) is 35.5 Å². The number of fused-ring (bicyclic) bond motifs is 3. The number of hydrogen-bond donors (Lipinski definition) is 2. The van der Waals surface area contributed by atoms with Crippen LogP contribution in [0.4, 0.5) is 0 Å². The average molecular weight is 347 g/mol. The van der Waals surface area contributed by atoms with Crippen LogP contribution in [0.25, 0.3) is 16.9 Å². The third kappa shape index (κ3) is 2.61. The van der Waals surface area contributed by atoms with Crippen LogP contribution in [0.15, 0.2) is 48.5 Å². The molecule has 132 valence electrons. The number of aliphatic hydroxyl groups excluding tert-OH is 1. The fraction of sp³-hybridized carbons (Fsp3) is 0.238. The molecule has 26 heavy (non-hydrogen) atoms. The number of benzene rings is 2. The molecule has 1 aromatic heterocycles. The lowest BCUT2D eigenvalue weighted by atomic mass is 10.0. The number of amides is 1. The normalized spacial score (nSPS) is 13.7. The van der Waals surface area contributed by atoms with Crippen LogP contribution in [0, 0.1) is 6.92 Å². The van der Waals surface area contributed by atoms with E-state index in [2.05, 4.69) is 11.4 Å². The molecule has 1 amide bonds. The second kappa shape index (κ2) is 6.42. The first-order chi connectivity index (χ1) is 12.6. The van der Waals surface area contributed by atoms with Gasteiger partial charge in [0.2, 0.25) is 0 Å². The minimum absolute atomic E-state index is 0.441. The Morgan fingerprint density at radius 1 is 1.15 bits per heavy atom. The van der Waals surface area contributed by atoms with Crippen molar-refractivity contribution in [3.05, 3.63) is 71.2 Å². The van der Waals surface area contributed by atoms with E-state index in [0.29, 0.717) is 11.4 Å². The fourth-order valence-corrected chi connectivity index (χ4v) is 3.54. The van der Waals surface area contributed by atoms with E-state index in [4.69, 9.17) is 4.98 Å². The van der Waals surface area contributed by atoms with Gasteiger partial charge >= 0.3 is 0 Å². The lowest BCUT2D eigenvalue weighted by Gasteiger charge is -2.22. The maximum Gasteiger partial charge on any atom is 0.254 e. The fourth-order valence-electron chi connectivity index (χ4n) is 3.54. The Morgan fingerprint density at radius 2 is 1.88 bits per heavy atom. The lowest BCUT2D eigenvalue weighted by Crippen LogP contribution is -2.28. The molecule has 2 heterocycles. The molecule has 5 nitrogen and oxygen atoms in total. The molecule has 1 aliphatic rings. The number of imidazole rings is 1. The zero-order valence-corrected chi connectivity index (χ0v) is 14.9. The van der Waals surface area contributed by atoms with Gasteiger partial charge in [-0.2, -0.15) is 0 Å². The van der Waals surface area contributed by atoms with Gasteiger partial charge in [-0.1, -0.05) is 48.0 Å². The Hall–Kier alpha value is -2.92. The van der Waals surface area contributed by atoms with E-state index in [1.54, 1.807) is 0 Å². The van der Waals surface area contributed by atoms with Crippen LogP contribution in [-0.2, 0) is 17.6 Å². The summed E-state index contributed by atoms with van der Waals surface area (Å²) >= 11 is 0. The molecule has 0 bridgehead atoms. The van der Waals surface area contributed by atoms with Crippen molar-refractivity contribution in [1.29, 1.82) is 0 Å².